The maximum absolute atomic E-state index is 12.5. The van der Waals surface area contributed by atoms with Crippen LogP contribution < -0.4 is 10.6 Å². The summed E-state index contributed by atoms with van der Waals surface area (Å²) in [5.74, 6) is 0.321. The average molecular weight is 272 g/mol. The number of carbonyl (C=O) groups is 1. The molecule has 0 atom stereocenters. The van der Waals surface area contributed by atoms with Gasteiger partial charge in [-0.25, -0.2) is 0 Å². The molecule has 0 aliphatic heterocycles. The fourth-order valence-corrected chi connectivity index (χ4v) is 1.69. The molecular weight excluding hydrogens is 257 g/mol. The van der Waals surface area contributed by atoms with Crippen molar-refractivity contribution in [2.24, 2.45) is 5.92 Å². The Bertz CT molecular complexity index is 455. The Labute approximate surface area is 109 Å². The summed E-state index contributed by atoms with van der Waals surface area (Å²) < 4.78 is 37.4. The quantitative estimate of drug-likeness (QED) is 0.865. The second kappa shape index (κ2) is 5.61. The van der Waals surface area contributed by atoms with E-state index in [4.69, 9.17) is 0 Å². The summed E-state index contributed by atoms with van der Waals surface area (Å²) in [5, 5.41) is 5.43. The van der Waals surface area contributed by atoms with Crippen LogP contribution in [0.4, 0.5) is 18.9 Å². The third-order valence-electron chi connectivity index (χ3n) is 2.89. The molecule has 1 amide bonds. The Morgan fingerprint density at radius 1 is 1.32 bits per heavy atom. The molecule has 1 aliphatic rings. The third kappa shape index (κ3) is 4.55. The highest BCUT2D eigenvalue weighted by Gasteiger charge is 2.30. The number of halogens is 3. The lowest BCUT2D eigenvalue weighted by atomic mass is 10.2. The minimum Gasteiger partial charge on any atom is -0.325 e. The van der Waals surface area contributed by atoms with Crippen LogP contribution in [0.25, 0.3) is 0 Å². The summed E-state index contributed by atoms with van der Waals surface area (Å²) in [5.41, 5.74) is -0.607. The van der Waals surface area contributed by atoms with E-state index in [2.05, 4.69) is 10.6 Å². The van der Waals surface area contributed by atoms with E-state index in [1.54, 1.807) is 0 Å². The van der Waals surface area contributed by atoms with E-state index in [0.29, 0.717) is 5.92 Å². The molecule has 1 saturated carbocycles. The maximum atomic E-state index is 12.5. The summed E-state index contributed by atoms with van der Waals surface area (Å²) in [4.78, 5) is 11.5. The molecule has 0 spiro atoms. The van der Waals surface area contributed by atoms with Gasteiger partial charge in [0.25, 0.3) is 0 Å². The van der Waals surface area contributed by atoms with Crippen molar-refractivity contribution < 1.29 is 18.0 Å². The van der Waals surface area contributed by atoms with Crippen molar-refractivity contribution >= 4 is 11.6 Å². The van der Waals surface area contributed by atoms with Crippen LogP contribution in [-0.2, 0) is 11.0 Å². The Hall–Kier alpha value is -1.56. The zero-order valence-electron chi connectivity index (χ0n) is 10.3. The fourth-order valence-electron chi connectivity index (χ4n) is 1.69. The largest absolute Gasteiger partial charge is 0.416 e. The number of benzene rings is 1. The maximum Gasteiger partial charge on any atom is 0.416 e. The Morgan fingerprint density at radius 3 is 2.68 bits per heavy atom. The number of hydrogen-bond donors (Lipinski definition) is 2. The van der Waals surface area contributed by atoms with E-state index in [9.17, 15) is 18.0 Å². The van der Waals surface area contributed by atoms with Gasteiger partial charge in [-0.05, 0) is 43.5 Å². The van der Waals surface area contributed by atoms with Gasteiger partial charge in [-0.3, -0.25) is 4.79 Å². The van der Waals surface area contributed by atoms with E-state index in [0.717, 1.165) is 18.7 Å². The second-order valence-corrected chi connectivity index (χ2v) is 4.70. The smallest absolute Gasteiger partial charge is 0.325 e. The van der Waals surface area contributed by atoms with E-state index >= 15 is 0 Å². The summed E-state index contributed by atoms with van der Waals surface area (Å²) in [6.45, 7) is 0.906. The molecule has 6 heteroatoms. The normalized spacial score (nSPS) is 15.3. The van der Waals surface area contributed by atoms with Crippen LogP contribution >= 0.6 is 0 Å². The predicted molar refractivity (Wildman–Crippen MR) is 65.7 cm³/mol. The molecule has 0 unspecified atom stereocenters. The van der Waals surface area contributed by atoms with Gasteiger partial charge in [0.2, 0.25) is 5.91 Å². The summed E-state index contributed by atoms with van der Waals surface area (Å²) >= 11 is 0. The first-order valence-corrected chi connectivity index (χ1v) is 6.13. The zero-order valence-corrected chi connectivity index (χ0v) is 10.3. The molecule has 0 radical (unpaired) electrons. The number of carbonyl (C=O) groups excluding carboxylic acids is 1. The highest BCUT2D eigenvalue weighted by Crippen LogP contribution is 2.30. The van der Waals surface area contributed by atoms with Crippen LogP contribution in [0.3, 0.4) is 0 Å². The van der Waals surface area contributed by atoms with Gasteiger partial charge in [-0.1, -0.05) is 6.07 Å². The van der Waals surface area contributed by atoms with Crippen LogP contribution in [0, 0.1) is 5.92 Å². The highest BCUT2D eigenvalue weighted by molar-refractivity contribution is 5.92. The number of anilines is 1. The molecule has 3 nitrogen and oxygen atoms in total. The molecule has 1 fully saturated rings. The van der Waals surface area contributed by atoms with Crippen molar-refractivity contribution in [2.45, 2.75) is 19.0 Å². The van der Waals surface area contributed by atoms with Gasteiger partial charge in [0.1, 0.15) is 0 Å². The molecule has 1 aliphatic carbocycles. The van der Waals surface area contributed by atoms with Gasteiger partial charge in [-0.2, -0.15) is 13.2 Å². The third-order valence-corrected chi connectivity index (χ3v) is 2.89. The number of nitrogens with one attached hydrogen (secondary N) is 2. The SMILES string of the molecule is O=C(CNCC1CC1)Nc1cccc(C(F)(F)F)c1. The fraction of sp³-hybridized carbons (Fsp3) is 0.462. The lowest BCUT2D eigenvalue weighted by Gasteiger charge is -2.10. The Balaban J connectivity index is 1.85. The van der Waals surface area contributed by atoms with Gasteiger partial charge in [0, 0.05) is 5.69 Å². The minimum atomic E-state index is -4.40. The van der Waals surface area contributed by atoms with Crippen molar-refractivity contribution in [3.8, 4) is 0 Å². The van der Waals surface area contributed by atoms with Crippen molar-refractivity contribution in [1.29, 1.82) is 0 Å². The van der Waals surface area contributed by atoms with Crippen LogP contribution in [0.5, 0.6) is 0 Å². The Morgan fingerprint density at radius 2 is 2.05 bits per heavy atom. The van der Waals surface area contributed by atoms with Crippen LogP contribution in [-0.4, -0.2) is 19.0 Å². The number of rotatable bonds is 5. The molecule has 19 heavy (non-hydrogen) atoms. The highest BCUT2D eigenvalue weighted by atomic mass is 19.4. The predicted octanol–water partition coefficient (Wildman–Crippen LogP) is 2.64. The number of hydrogen-bond acceptors (Lipinski definition) is 2. The average Bonchev–Trinajstić information content (AvgIpc) is 3.12. The van der Waals surface area contributed by atoms with Crippen LogP contribution in [0.2, 0.25) is 0 Å². The molecule has 0 bridgehead atoms. The van der Waals surface area contributed by atoms with Crippen molar-refractivity contribution in [1.82, 2.24) is 5.32 Å². The molecule has 0 saturated heterocycles. The Kier molecular flexibility index (Phi) is 4.09. The van der Waals surface area contributed by atoms with Crippen molar-refractivity contribution in [2.75, 3.05) is 18.4 Å². The molecule has 2 N–H and O–H groups in total. The van der Waals surface area contributed by atoms with Crippen LogP contribution in [0.15, 0.2) is 24.3 Å². The first kappa shape index (κ1) is 13.9. The first-order chi connectivity index (χ1) is 8.95. The number of alkyl halides is 3. The molecule has 0 aromatic heterocycles. The van der Waals surface area contributed by atoms with E-state index in [1.807, 2.05) is 0 Å². The van der Waals surface area contributed by atoms with Gasteiger partial charge < -0.3 is 10.6 Å². The minimum absolute atomic E-state index is 0.118. The number of amides is 1. The molecule has 2 rings (SSSR count). The molecule has 1 aromatic rings. The van der Waals surface area contributed by atoms with E-state index in [1.165, 1.54) is 25.0 Å². The van der Waals surface area contributed by atoms with Crippen molar-refractivity contribution in [3.05, 3.63) is 29.8 Å². The summed E-state index contributed by atoms with van der Waals surface area (Å²) in [6, 6.07) is 4.61. The molecular formula is C13H15F3N2O. The standard InChI is InChI=1S/C13H15F3N2O/c14-13(15,16)10-2-1-3-11(6-10)18-12(19)8-17-7-9-4-5-9/h1-3,6,9,17H,4-5,7-8H2,(H,18,19). The lowest BCUT2D eigenvalue weighted by Crippen LogP contribution is -2.29. The van der Waals surface area contributed by atoms with Crippen molar-refractivity contribution in [3.63, 3.8) is 0 Å². The molecule has 0 heterocycles. The summed E-state index contributed by atoms with van der Waals surface area (Å²) in [6.07, 6.45) is -2.03. The molecule has 104 valence electrons. The monoisotopic (exact) mass is 272 g/mol. The zero-order chi connectivity index (χ0) is 13.9. The lowest BCUT2D eigenvalue weighted by molar-refractivity contribution is -0.137. The van der Waals surface area contributed by atoms with E-state index < -0.39 is 11.7 Å². The first-order valence-electron chi connectivity index (χ1n) is 6.13. The van der Waals surface area contributed by atoms with Crippen LogP contribution in [0.1, 0.15) is 18.4 Å². The van der Waals surface area contributed by atoms with Gasteiger partial charge in [0.15, 0.2) is 0 Å². The molecule has 1 aromatic carbocycles. The van der Waals surface area contributed by atoms with Gasteiger partial charge >= 0.3 is 6.18 Å². The van der Waals surface area contributed by atoms with Gasteiger partial charge in [-0.15, -0.1) is 0 Å². The van der Waals surface area contributed by atoms with Gasteiger partial charge in [0.05, 0.1) is 12.1 Å². The topological polar surface area (TPSA) is 41.1 Å². The summed E-state index contributed by atoms with van der Waals surface area (Å²) in [7, 11) is 0. The second-order valence-electron chi connectivity index (χ2n) is 4.70. The van der Waals surface area contributed by atoms with E-state index in [-0.39, 0.29) is 18.1 Å².